The van der Waals surface area contributed by atoms with E-state index in [1.807, 2.05) is 0 Å². The van der Waals surface area contributed by atoms with E-state index in [9.17, 15) is 14.4 Å². The largest absolute Gasteiger partial charge is 0.476 e. The predicted octanol–water partition coefficient (Wildman–Crippen LogP) is -0.879. The number of carboxylic acid groups (broad SMARTS) is 1. The molecule has 0 saturated heterocycles. The molecular weight excluding hydrogens is 658 g/mol. The Kier molecular flexibility index (Phi) is 38.9. The second-order valence-electron chi connectivity index (χ2n) is 9.59. The Bertz CT molecular complexity index is 734. The van der Waals surface area contributed by atoms with Gasteiger partial charge in [-0.2, -0.15) is 0 Å². The molecule has 49 heavy (non-hydrogen) atoms. The van der Waals surface area contributed by atoms with Crippen LogP contribution in [0.1, 0.15) is 12.8 Å². The van der Waals surface area contributed by atoms with Crippen LogP contribution in [-0.2, 0) is 76.0 Å². The average molecular weight is 718 g/mol. The fourth-order valence-electron chi connectivity index (χ4n) is 3.21. The summed E-state index contributed by atoms with van der Waals surface area (Å²) in [5.41, 5.74) is 5.32. The molecule has 0 aliphatic heterocycles. The van der Waals surface area contributed by atoms with Gasteiger partial charge in [0.25, 0.3) is 0 Å². The van der Waals surface area contributed by atoms with Crippen LogP contribution in [0.5, 0.6) is 0 Å². The number of ketones is 1. The van der Waals surface area contributed by atoms with Gasteiger partial charge in [-0.1, -0.05) is 0 Å². The molecule has 0 atom stereocenters. The van der Waals surface area contributed by atoms with Crippen molar-refractivity contribution < 1.29 is 81.1 Å². The fraction of sp³-hybridized carbons (Fsp3) is 0.903. The first-order valence-corrected chi connectivity index (χ1v) is 16.6. The van der Waals surface area contributed by atoms with Crippen LogP contribution in [0.25, 0.3) is 0 Å². The maximum Gasteiger partial charge on any atom is 0.372 e. The fourth-order valence-corrected chi connectivity index (χ4v) is 3.21. The molecule has 18 nitrogen and oxygen atoms in total. The maximum absolute atomic E-state index is 11.4. The summed E-state index contributed by atoms with van der Waals surface area (Å²) in [5, 5.41) is 8.44. The van der Waals surface area contributed by atoms with Gasteiger partial charge in [-0.05, 0) is 0 Å². The highest BCUT2D eigenvalue weighted by atomic mass is 16.6. The zero-order valence-corrected chi connectivity index (χ0v) is 28.9. The molecule has 0 aromatic carbocycles. The minimum absolute atomic E-state index is 0.0118. The number of hydrogen-bond acceptors (Lipinski definition) is 17. The molecule has 0 aliphatic carbocycles. The van der Waals surface area contributed by atoms with Gasteiger partial charge in [0.1, 0.15) is 6.61 Å². The third-order valence-electron chi connectivity index (χ3n) is 5.64. The molecule has 290 valence electrons. The van der Waals surface area contributed by atoms with E-state index in [0.29, 0.717) is 159 Å². The minimum Gasteiger partial charge on any atom is -0.476 e. The lowest BCUT2D eigenvalue weighted by Crippen LogP contribution is -2.17. The van der Waals surface area contributed by atoms with Crippen molar-refractivity contribution in [3.05, 3.63) is 0 Å². The van der Waals surface area contributed by atoms with E-state index in [0.717, 1.165) is 0 Å². The Morgan fingerprint density at radius 1 is 0.347 bits per heavy atom. The summed E-state index contributed by atoms with van der Waals surface area (Å²) < 4.78 is 69.5. The highest BCUT2D eigenvalue weighted by Gasteiger charge is 2.14. The summed E-state index contributed by atoms with van der Waals surface area (Å²) in [4.78, 5) is 32.6. The number of esters is 1. The number of carbonyl (C=O) groups is 3. The Hall–Kier alpha value is -1.91. The van der Waals surface area contributed by atoms with Gasteiger partial charge in [-0.15, -0.1) is 0 Å². The summed E-state index contributed by atoms with van der Waals surface area (Å²) >= 11 is 0. The van der Waals surface area contributed by atoms with Crippen LogP contribution in [0.15, 0.2) is 0 Å². The van der Waals surface area contributed by atoms with Gasteiger partial charge in [0.2, 0.25) is 5.78 Å². The van der Waals surface area contributed by atoms with Crippen LogP contribution in [0.4, 0.5) is 0 Å². The number of aliphatic carboxylic acids is 1. The molecule has 0 aliphatic rings. The van der Waals surface area contributed by atoms with Crippen LogP contribution in [0, 0.1) is 0 Å². The molecule has 0 radical (unpaired) electrons. The molecule has 0 amide bonds. The number of hydrogen-bond donors (Lipinski definition) is 2. The normalized spacial score (nSPS) is 11.3. The number of ether oxygens (including phenoxy) is 13. The lowest BCUT2D eigenvalue weighted by Gasteiger charge is -2.09. The van der Waals surface area contributed by atoms with E-state index < -0.39 is 17.7 Å². The summed E-state index contributed by atoms with van der Waals surface area (Å²) in [6.07, 6.45) is -0.663. The molecule has 0 spiro atoms. The summed E-state index contributed by atoms with van der Waals surface area (Å²) in [7, 11) is 0. The van der Waals surface area contributed by atoms with E-state index in [1.54, 1.807) is 0 Å². The lowest BCUT2D eigenvalue weighted by atomic mass is 10.2. The van der Waals surface area contributed by atoms with Gasteiger partial charge >= 0.3 is 11.9 Å². The van der Waals surface area contributed by atoms with E-state index in [2.05, 4.69) is 0 Å². The average Bonchev–Trinajstić information content (AvgIpc) is 3.10. The van der Waals surface area contributed by atoms with Gasteiger partial charge < -0.3 is 72.4 Å². The molecule has 0 bridgehead atoms. The van der Waals surface area contributed by atoms with Crippen molar-refractivity contribution >= 4 is 17.7 Å². The van der Waals surface area contributed by atoms with Gasteiger partial charge in [-0.25, -0.2) is 4.79 Å². The quantitative estimate of drug-likeness (QED) is 0.0445. The van der Waals surface area contributed by atoms with Crippen molar-refractivity contribution in [1.29, 1.82) is 0 Å². The van der Waals surface area contributed by atoms with Gasteiger partial charge in [0.05, 0.1) is 165 Å². The number of carbonyl (C=O) groups excluding carboxylic acids is 2. The molecule has 0 rings (SSSR count). The van der Waals surface area contributed by atoms with Gasteiger partial charge in [-0.3, -0.25) is 9.59 Å². The second kappa shape index (κ2) is 40.5. The summed E-state index contributed by atoms with van der Waals surface area (Å²) in [6, 6.07) is 0. The number of rotatable bonds is 42. The van der Waals surface area contributed by atoms with E-state index in [4.69, 9.17) is 72.4 Å². The molecule has 0 unspecified atom stereocenters. The van der Waals surface area contributed by atoms with Gasteiger partial charge in [0.15, 0.2) is 0 Å². The van der Waals surface area contributed by atoms with Crippen molar-refractivity contribution in [1.82, 2.24) is 0 Å². The summed E-state index contributed by atoms with van der Waals surface area (Å²) in [5.74, 6) is -3.24. The monoisotopic (exact) mass is 717 g/mol. The first-order chi connectivity index (χ1) is 24.1. The molecule has 0 heterocycles. The maximum atomic E-state index is 11.4. The molecule has 3 N–H and O–H groups in total. The topological polar surface area (TPSA) is 217 Å². The van der Waals surface area contributed by atoms with Crippen LogP contribution >= 0.6 is 0 Å². The highest BCUT2D eigenvalue weighted by molar-refractivity contribution is 6.32. The Morgan fingerprint density at radius 3 is 0.796 bits per heavy atom. The zero-order chi connectivity index (χ0) is 35.7. The number of nitrogens with two attached hydrogens (primary N) is 1. The van der Waals surface area contributed by atoms with E-state index in [1.165, 1.54) is 0 Å². The molecule has 18 heteroatoms. The first-order valence-electron chi connectivity index (χ1n) is 16.6. The smallest absolute Gasteiger partial charge is 0.372 e. The third kappa shape index (κ3) is 40.4. The van der Waals surface area contributed by atoms with Crippen LogP contribution in [-0.4, -0.2) is 195 Å². The van der Waals surface area contributed by atoms with Crippen LogP contribution in [0.2, 0.25) is 0 Å². The Morgan fingerprint density at radius 2 is 0.571 bits per heavy atom. The second-order valence-corrected chi connectivity index (χ2v) is 9.59. The van der Waals surface area contributed by atoms with Crippen LogP contribution in [0.3, 0.4) is 0 Å². The van der Waals surface area contributed by atoms with Crippen molar-refractivity contribution in [2.45, 2.75) is 12.8 Å². The predicted molar refractivity (Wildman–Crippen MR) is 172 cm³/mol. The SMILES string of the molecule is NCCOCCOCCOCCOCCOCCOCCOCCOCCOCCOCCOCCOCCOC(=O)CCC(=O)C(=O)O. The van der Waals surface area contributed by atoms with E-state index >= 15 is 0 Å². The zero-order valence-electron chi connectivity index (χ0n) is 28.9. The number of Topliss-reactive ketones (excluding diaryl/α,β-unsaturated/α-hetero) is 1. The molecule has 0 aromatic heterocycles. The van der Waals surface area contributed by atoms with Gasteiger partial charge in [0, 0.05) is 13.0 Å². The molecular formula is C31H59NO17. The molecule has 0 fully saturated rings. The Balaban J connectivity index is 3.11. The lowest BCUT2D eigenvalue weighted by molar-refractivity contribution is -0.151. The molecule has 0 aromatic rings. The van der Waals surface area contributed by atoms with Crippen LogP contribution < -0.4 is 5.73 Å². The van der Waals surface area contributed by atoms with Crippen molar-refractivity contribution in [3.8, 4) is 0 Å². The highest BCUT2D eigenvalue weighted by Crippen LogP contribution is 1.95. The minimum atomic E-state index is -1.56. The number of carboxylic acids is 1. The van der Waals surface area contributed by atoms with Crippen molar-refractivity contribution in [2.24, 2.45) is 5.73 Å². The van der Waals surface area contributed by atoms with Crippen molar-refractivity contribution in [2.75, 3.05) is 172 Å². The molecule has 0 saturated carbocycles. The third-order valence-corrected chi connectivity index (χ3v) is 5.64. The Labute approximate surface area is 289 Å². The first kappa shape index (κ1) is 47.1. The van der Waals surface area contributed by atoms with Crippen molar-refractivity contribution in [3.63, 3.8) is 0 Å². The summed E-state index contributed by atoms with van der Waals surface area (Å²) in [6.45, 7) is 11.5. The standard InChI is InChI=1S/C31H59NO17/c32-3-4-37-5-6-38-7-8-39-9-10-40-11-12-41-13-14-42-15-16-43-17-18-44-19-20-45-21-22-46-23-24-47-25-26-48-27-28-49-30(34)2-1-29(33)31(35)36/h1-28,32H2,(H,35,36). The van der Waals surface area contributed by atoms with E-state index in [-0.39, 0.29) is 26.1 Å².